The van der Waals surface area contributed by atoms with E-state index < -0.39 is 0 Å². The zero-order valence-electron chi connectivity index (χ0n) is 10.3. The van der Waals surface area contributed by atoms with Crippen LogP contribution in [0.15, 0.2) is 0 Å². The summed E-state index contributed by atoms with van der Waals surface area (Å²) in [4.78, 5) is 11.1. The maximum absolute atomic E-state index is 11.1. The number of hydrogen-bond acceptors (Lipinski definition) is 3. The molecule has 0 aromatic rings. The van der Waals surface area contributed by atoms with Gasteiger partial charge in [-0.15, -0.1) is 0 Å². The highest BCUT2D eigenvalue weighted by Crippen LogP contribution is 1.98. The summed E-state index contributed by atoms with van der Waals surface area (Å²) in [6.07, 6.45) is 1.09. The molecule has 0 saturated carbocycles. The molecule has 2 N–H and O–H groups in total. The van der Waals surface area contributed by atoms with Crippen LogP contribution in [0.4, 0.5) is 0 Å². The van der Waals surface area contributed by atoms with Crippen molar-refractivity contribution in [2.24, 2.45) is 5.92 Å². The van der Waals surface area contributed by atoms with Gasteiger partial charge in [-0.05, 0) is 19.3 Å². The lowest BCUT2D eigenvalue weighted by atomic mass is 10.1. The Hall–Kier alpha value is -0.610. The van der Waals surface area contributed by atoms with Gasteiger partial charge in [0.1, 0.15) is 0 Å². The van der Waals surface area contributed by atoms with Crippen LogP contribution in [0.2, 0.25) is 0 Å². The van der Waals surface area contributed by atoms with Gasteiger partial charge in [-0.3, -0.25) is 4.79 Å². The molecule has 0 aliphatic carbocycles. The van der Waals surface area contributed by atoms with Crippen LogP contribution in [0, 0.1) is 5.92 Å². The summed E-state index contributed by atoms with van der Waals surface area (Å²) in [5, 5.41) is 5.67. The second-order valence-electron chi connectivity index (χ2n) is 4.08. The molecule has 1 unspecified atom stereocenters. The van der Waals surface area contributed by atoms with Crippen LogP contribution >= 0.6 is 0 Å². The maximum atomic E-state index is 11.1. The standard InChI is InChI=1S/C11H24N2O2/c1-9(2)5-7-15-8-6-13-10(3)11(14)12-4/h9-10,13H,5-8H2,1-4H3,(H,12,14). The monoisotopic (exact) mass is 216 g/mol. The van der Waals surface area contributed by atoms with Gasteiger partial charge < -0.3 is 15.4 Å². The zero-order chi connectivity index (χ0) is 11.7. The van der Waals surface area contributed by atoms with E-state index in [2.05, 4.69) is 24.5 Å². The van der Waals surface area contributed by atoms with Crippen LogP contribution in [-0.2, 0) is 9.53 Å². The molecule has 0 heterocycles. The van der Waals surface area contributed by atoms with Gasteiger partial charge in [-0.25, -0.2) is 0 Å². The molecular formula is C11H24N2O2. The van der Waals surface area contributed by atoms with Gasteiger partial charge in [0, 0.05) is 20.2 Å². The number of nitrogens with one attached hydrogen (secondary N) is 2. The van der Waals surface area contributed by atoms with Crippen LogP contribution < -0.4 is 10.6 Å². The van der Waals surface area contributed by atoms with E-state index in [0.29, 0.717) is 19.1 Å². The number of hydrogen-bond donors (Lipinski definition) is 2. The molecule has 1 atom stereocenters. The summed E-state index contributed by atoms with van der Waals surface area (Å²) in [6.45, 7) is 8.37. The van der Waals surface area contributed by atoms with E-state index in [-0.39, 0.29) is 11.9 Å². The molecule has 0 fully saturated rings. The second-order valence-corrected chi connectivity index (χ2v) is 4.08. The highest BCUT2D eigenvalue weighted by molar-refractivity contribution is 5.80. The summed E-state index contributed by atoms with van der Waals surface area (Å²) >= 11 is 0. The quantitative estimate of drug-likeness (QED) is 0.589. The molecule has 0 saturated heterocycles. The van der Waals surface area contributed by atoms with Gasteiger partial charge in [-0.1, -0.05) is 13.8 Å². The Morgan fingerprint density at radius 2 is 1.93 bits per heavy atom. The highest BCUT2D eigenvalue weighted by atomic mass is 16.5. The van der Waals surface area contributed by atoms with Crippen molar-refractivity contribution in [1.82, 2.24) is 10.6 Å². The molecule has 4 nitrogen and oxygen atoms in total. The fourth-order valence-electron chi connectivity index (χ4n) is 1.08. The van der Waals surface area contributed by atoms with Crippen LogP contribution in [0.3, 0.4) is 0 Å². The summed E-state index contributed by atoms with van der Waals surface area (Å²) in [5.41, 5.74) is 0. The summed E-state index contributed by atoms with van der Waals surface area (Å²) in [7, 11) is 1.64. The summed E-state index contributed by atoms with van der Waals surface area (Å²) in [5.74, 6) is 0.694. The SMILES string of the molecule is CNC(=O)C(C)NCCOCCC(C)C. The van der Waals surface area contributed by atoms with Crippen LogP contribution in [0.25, 0.3) is 0 Å². The third-order valence-corrected chi connectivity index (χ3v) is 2.18. The first kappa shape index (κ1) is 14.4. The molecule has 0 radical (unpaired) electrons. The molecule has 0 aromatic heterocycles. The fourth-order valence-corrected chi connectivity index (χ4v) is 1.08. The molecule has 0 aromatic carbocycles. The molecule has 1 amide bonds. The molecule has 90 valence electrons. The largest absolute Gasteiger partial charge is 0.380 e. The maximum Gasteiger partial charge on any atom is 0.236 e. The van der Waals surface area contributed by atoms with E-state index in [4.69, 9.17) is 4.74 Å². The first-order valence-corrected chi connectivity index (χ1v) is 5.60. The van der Waals surface area contributed by atoms with Gasteiger partial charge >= 0.3 is 0 Å². The Kier molecular flexibility index (Phi) is 8.33. The average molecular weight is 216 g/mol. The van der Waals surface area contributed by atoms with Gasteiger partial charge in [0.2, 0.25) is 5.91 Å². The minimum Gasteiger partial charge on any atom is -0.380 e. The lowest BCUT2D eigenvalue weighted by Gasteiger charge is -2.12. The minimum atomic E-state index is -0.149. The van der Waals surface area contributed by atoms with E-state index >= 15 is 0 Å². The normalized spacial score (nSPS) is 12.9. The van der Waals surface area contributed by atoms with Crippen molar-refractivity contribution in [2.75, 3.05) is 26.8 Å². The number of carbonyl (C=O) groups excluding carboxylic acids is 1. The van der Waals surface area contributed by atoms with Gasteiger partial charge in [0.05, 0.1) is 12.6 Å². The van der Waals surface area contributed by atoms with Crippen molar-refractivity contribution in [3.8, 4) is 0 Å². The first-order valence-electron chi connectivity index (χ1n) is 5.60. The van der Waals surface area contributed by atoms with E-state index in [0.717, 1.165) is 13.0 Å². The van der Waals surface area contributed by atoms with Crippen LogP contribution in [0.5, 0.6) is 0 Å². The van der Waals surface area contributed by atoms with Crippen molar-refractivity contribution in [3.63, 3.8) is 0 Å². The van der Waals surface area contributed by atoms with Crippen molar-refractivity contribution in [3.05, 3.63) is 0 Å². The Balaban J connectivity index is 3.27. The number of carbonyl (C=O) groups is 1. The molecule has 4 heteroatoms. The van der Waals surface area contributed by atoms with E-state index in [1.54, 1.807) is 7.05 Å². The molecule has 15 heavy (non-hydrogen) atoms. The van der Waals surface area contributed by atoms with E-state index in [9.17, 15) is 4.79 Å². The third-order valence-electron chi connectivity index (χ3n) is 2.18. The Morgan fingerprint density at radius 3 is 2.47 bits per heavy atom. The molecule has 0 bridgehead atoms. The molecule has 0 aliphatic heterocycles. The molecular weight excluding hydrogens is 192 g/mol. The van der Waals surface area contributed by atoms with Crippen molar-refractivity contribution < 1.29 is 9.53 Å². The van der Waals surface area contributed by atoms with Crippen molar-refractivity contribution in [2.45, 2.75) is 33.2 Å². The highest BCUT2D eigenvalue weighted by Gasteiger charge is 2.08. The second kappa shape index (κ2) is 8.68. The smallest absolute Gasteiger partial charge is 0.236 e. The zero-order valence-corrected chi connectivity index (χ0v) is 10.3. The van der Waals surface area contributed by atoms with Crippen LogP contribution in [-0.4, -0.2) is 38.8 Å². The predicted octanol–water partition coefficient (Wildman–Crippen LogP) is 0.773. The number of likely N-dealkylation sites (N-methyl/N-ethyl adjacent to an activating group) is 1. The molecule has 0 spiro atoms. The Bertz CT molecular complexity index is 172. The van der Waals surface area contributed by atoms with E-state index in [1.807, 2.05) is 6.92 Å². The fraction of sp³-hybridized carbons (Fsp3) is 0.909. The topological polar surface area (TPSA) is 50.4 Å². The van der Waals surface area contributed by atoms with Crippen LogP contribution in [0.1, 0.15) is 27.2 Å². The minimum absolute atomic E-state index is 0.0113. The van der Waals surface area contributed by atoms with Gasteiger partial charge in [-0.2, -0.15) is 0 Å². The lowest BCUT2D eigenvalue weighted by molar-refractivity contribution is -0.122. The summed E-state index contributed by atoms with van der Waals surface area (Å²) < 4.78 is 5.41. The summed E-state index contributed by atoms with van der Waals surface area (Å²) in [6, 6.07) is -0.149. The Labute approximate surface area is 92.8 Å². The van der Waals surface area contributed by atoms with E-state index in [1.165, 1.54) is 0 Å². The molecule has 0 rings (SSSR count). The number of rotatable bonds is 8. The molecule has 0 aliphatic rings. The lowest BCUT2D eigenvalue weighted by Crippen LogP contribution is -2.41. The van der Waals surface area contributed by atoms with Crippen molar-refractivity contribution in [1.29, 1.82) is 0 Å². The van der Waals surface area contributed by atoms with Gasteiger partial charge in [0.15, 0.2) is 0 Å². The predicted molar refractivity (Wildman–Crippen MR) is 61.8 cm³/mol. The number of ether oxygens (including phenoxy) is 1. The first-order chi connectivity index (χ1) is 7.07. The third kappa shape index (κ3) is 8.39. The van der Waals surface area contributed by atoms with Gasteiger partial charge in [0.25, 0.3) is 0 Å². The average Bonchev–Trinajstić information content (AvgIpc) is 2.21. The number of amides is 1. The van der Waals surface area contributed by atoms with Crippen molar-refractivity contribution >= 4 is 5.91 Å². The Morgan fingerprint density at radius 1 is 1.27 bits per heavy atom.